The highest BCUT2D eigenvalue weighted by Gasteiger charge is 2.45. The van der Waals surface area contributed by atoms with Crippen LogP contribution in [0, 0.1) is 0 Å². The van der Waals surface area contributed by atoms with Crippen LogP contribution in [0.4, 0.5) is 0 Å². The first-order valence-electron chi connectivity index (χ1n) is 8.53. The van der Waals surface area contributed by atoms with Crippen molar-refractivity contribution in [3.05, 3.63) is 60.2 Å². The van der Waals surface area contributed by atoms with E-state index in [0.717, 1.165) is 27.7 Å². The lowest BCUT2D eigenvalue weighted by atomic mass is 9.73. The molecular weight excluding hydrogens is 350 g/mol. The van der Waals surface area contributed by atoms with Crippen molar-refractivity contribution >= 4 is 34.4 Å². The molecule has 2 heterocycles. The van der Waals surface area contributed by atoms with Gasteiger partial charge in [0.05, 0.1) is 28.9 Å². The van der Waals surface area contributed by atoms with Gasteiger partial charge < -0.3 is 4.74 Å². The fraction of sp³-hybridized carbons (Fsp3) is 0.238. The Morgan fingerprint density at radius 3 is 2.69 bits per heavy atom. The number of hydrogen-bond acceptors (Lipinski definition) is 3. The Balaban J connectivity index is 1.90. The van der Waals surface area contributed by atoms with Crippen LogP contribution in [0.15, 0.2) is 54.6 Å². The lowest BCUT2D eigenvalue weighted by Gasteiger charge is -2.35. The van der Waals surface area contributed by atoms with Crippen LogP contribution in [0.25, 0.3) is 22.2 Å². The van der Waals surface area contributed by atoms with E-state index < -0.39 is 11.4 Å². The molecule has 1 atom stereocenters. The van der Waals surface area contributed by atoms with Crippen molar-refractivity contribution in [1.29, 1.82) is 0 Å². The van der Waals surface area contributed by atoms with Gasteiger partial charge in [0.25, 0.3) is 0 Å². The molecule has 0 amide bonds. The maximum atomic E-state index is 13.5. The van der Waals surface area contributed by atoms with E-state index in [1.165, 1.54) is 0 Å². The highest BCUT2D eigenvalue weighted by atomic mass is 35.5. The Bertz CT molecular complexity index is 1020. The second-order valence-electron chi connectivity index (χ2n) is 6.69. The topological polar surface area (TPSA) is 48.3 Å². The summed E-state index contributed by atoms with van der Waals surface area (Å²) in [5, 5.41) is 1.000. The first kappa shape index (κ1) is 16.9. The van der Waals surface area contributed by atoms with Crippen LogP contribution in [-0.4, -0.2) is 28.9 Å². The van der Waals surface area contributed by atoms with Crippen molar-refractivity contribution in [3.8, 4) is 11.3 Å². The highest BCUT2D eigenvalue weighted by Crippen LogP contribution is 2.44. The largest absolute Gasteiger partial charge is 0.464 e. The molecule has 0 saturated carbocycles. The molecule has 4 rings (SSSR count). The van der Waals surface area contributed by atoms with Gasteiger partial charge in [-0.25, -0.2) is 0 Å². The van der Waals surface area contributed by atoms with Crippen LogP contribution < -0.4 is 0 Å². The Labute approximate surface area is 156 Å². The van der Waals surface area contributed by atoms with Gasteiger partial charge in [0, 0.05) is 10.9 Å². The van der Waals surface area contributed by atoms with Gasteiger partial charge >= 0.3 is 5.97 Å². The molecule has 0 radical (unpaired) electrons. The molecule has 3 aromatic rings. The van der Waals surface area contributed by atoms with Crippen molar-refractivity contribution < 1.29 is 14.3 Å². The molecule has 132 valence electrons. The minimum atomic E-state index is -0.991. The van der Waals surface area contributed by atoms with Gasteiger partial charge in [0.1, 0.15) is 6.61 Å². The van der Waals surface area contributed by atoms with Crippen LogP contribution in [0.3, 0.4) is 0 Å². The highest BCUT2D eigenvalue weighted by molar-refractivity contribution is 6.18. The minimum Gasteiger partial charge on any atom is -0.464 e. The third-order valence-electron chi connectivity index (χ3n) is 5.02. The van der Waals surface area contributed by atoms with E-state index in [4.69, 9.17) is 16.3 Å². The van der Waals surface area contributed by atoms with Gasteiger partial charge in [-0.05, 0) is 24.6 Å². The summed E-state index contributed by atoms with van der Waals surface area (Å²) in [5.41, 5.74) is 2.54. The summed E-state index contributed by atoms with van der Waals surface area (Å²) < 4.78 is 6.88. The lowest BCUT2D eigenvalue weighted by Crippen LogP contribution is -2.42. The predicted molar refractivity (Wildman–Crippen MR) is 102 cm³/mol. The molecule has 0 saturated heterocycles. The maximum Gasteiger partial charge on any atom is 0.307 e. The smallest absolute Gasteiger partial charge is 0.307 e. The second-order valence-corrected chi connectivity index (χ2v) is 7.07. The molecule has 0 bridgehead atoms. The van der Waals surface area contributed by atoms with Gasteiger partial charge in [-0.15, -0.1) is 11.6 Å². The number of alkyl halides is 1. The molecular formula is C21H18ClNO3. The summed E-state index contributed by atoms with van der Waals surface area (Å²) in [6.07, 6.45) is -0.0221. The van der Waals surface area contributed by atoms with Crippen molar-refractivity contribution in [2.45, 2.75) is 18.8 Å². The number of halogens is 1. The average Bonchev–Trinajstić information content (AvgIpc) is 3.04. The third kappa shape index (κ3) is 2.44. The van der Waals surface area contributed by atoms with Crippen LogP contribution in [0.1, 0.15) is 23.7 Å². The number of esters is 1. The number of benzene rings is 2. The zero-order valence-corrected chi connectivity index (χ0v) is 15.1. The standard InChI is InChI=1S/C21H18ClNO3/c1-21(13-19(24)26-11-10-22)16-8-4-3-7-15(16)18-12-14-6-2-5-9-17(14)23(18)20(21)25/h2-9,12H,10-11,13H2,1H3. The number of para-hydroxylation sites is 1. The van der Waals surface area contributed by atoms with E-state index in [1.807, 2.05) is 61.5 Å². The lowest BCUT2D eigenvalue weighted by molar-refractivity contribution is -0.144. The molecule has 5 heteroatoms. The number of carbonyl (C=O) groups is 2. The summed E-state index contributed by atoms with van der Waals surface area (Å²) in [5.74, 6) is -0.300. The summed E-state index contributed by atoms with van der Waals surface area (Å²) >= 11 is 5.60. The fourth-order valence-electron chi connectivity index (χ4n) is 3.78. The molecule has 0 fully saturated rings. The number of ether oxygens (including phenoxy) is 1. The van der Waals surface area contributed by atoms with Gasteiger partial charge in [-0.3, -0.25) is 14.2 Å². The number of aromatic nitrogens is 1. The first-order chi connectivity index (χ1) is 12.6. The van der Waals surface area contributed by atoms with E-state index in [0.29, 0.717) is 0 Å². The molecule has 0 aliphatic carbocycles. The Morgan fingerprint density at radius 2 is 1.88 bits per heavy atom. The van der Waals surface area contributed by atoms with E-state index in [1.54, 1.807) is 4.57 Å². The molecule has 1 aromatic heterocycles. The molecule has 1 aliphatic rings. The molecule has 26 heavy (non-hydrogen) atoms. The Morgan fingerprint density at radius 1 is 1.15 bits per heavy atom. The van der Waals surface area contributed by atoms with E-state index in [-0.39, 0.29) is 24.8 Å². The van der Waals surface area contributed by atoms with Crippen LogP contribution >= 0.6 is 11.6 Å². The summed E-state index contributed by atoms with van der Waals surface area (Å²) in [4.78, 5) is 25.8. The maximum absolute atomic E-state index is 13.5. The van der Waals surface area contributed by atoms with Gasteiger partial charge in [-0.1, -0.05) is 42.5 Å². The van der Waals surface area contributed by atoms with Crippen molar-refractivity contribution in [2.24, 2.45) is 0 Å². The Hall–Kier alpha value is -2.59. The molecule has 2 aromatic carbocycles. The summed E-state index contributed by atoms with van der Waals surface area (Å²) in [6.45, 7) is 1.96. The number of carbonyl (C=O) groups excluding carboxylic acids is 2. The fourth-order valence-corrected chi connectivity index (χ4v) is 3.86. The SMILES string of the molecule is CC1(CC(=O)OCCCl)C(=O)n2c(cc3ccccc32)-c2ccccc21. The van der Waals surface area contributed by atoms with Crippen LogP contribution in [0.2, 0.25) is 0 Å². The third-order valence-corrected chi connectivity index (χ3v) is 5.18. The number of fused-ring (bicyclic) bond motifs is 5. The first-order valence-corrected chi connectivity index (χ1v) is 9.06. The number of nitrogens with zero attached hydrogens (tertiary/aromatic N) is 1. The number of rotatable bonds is 4. The van der Waals surface area contributed by atoms with E-state index in [9.17, 15) is 9.59 Å². The molecule has 0 N–H and O–H groups in total. The van der Waals surface area contributed by atoms with Gasteiger partial charge in [0.15, 0.2) is 0 Å². The zero-order chi connectivity index (χ0) is 18.3. The van der Waals surface area contributed by atoms with Crippen molar-refractivity contribution in [2.75, 3.05) is 12.5 Å². The van der Waals surface area contributed by atoms with E-state index in [2.05, 4.69) is 0 Å². The van der Waals surface area contributed by atoms with Crippen LogP contribution in [0.5, 0.6) is 0 Å². The normalized spacial score (nSPS) is 18.5. The van der Waals surface area contributed by atoms with Gasteiger partial charge in [0.2, 0.25) is 5.91 Å². The molecule has 1 aliphatic heterocycles. The van der Waals surface area contributed by atoms with Gasteiger partial charge in [-0.2, -0.15) is 0 Å². The molecule has 0 spiro atoms. The van der Waals surface area contributed by atoms with Crippen LogP contribution in [-0.2, 0) is 14.9 Å². The Kier molecular flexibility index (Phi) is 4.08. The quantitative estimate of drug-likeness (QED) is 0.507. The average molecular weight is 368 g/mol. The van der Waals surface area contributed by atoms with Crippen molar-refractivity contribution in [3.63, 3.8) is 0 Å². The zero-order valence-electron chi connectivity index (χ0n) is 14.4. The second kappa shape index (κ2) is 6.29. The van der Waals surface area contributed by atoms with E-state index >= 15 is 0 Å². The monoisotopic (exact) mass is 367 g/mol. The molecule has 1 unspecified atom stereocenters. The predicted octanol–water partition coefficient (Wildman–Crippen LogP) is 4.39. The van der Waals surface area contributed by atoms with Crippen molar-refractivity contribution in [1.82, 2.24) is 4.57 Å². The summed E-state index contributed by atoms with van der Waals surface area (Å²) in [6, 6.07) is 17.6. The summed E-state index contributed by atoms with van der Waals surface area (Å²) in [7, 11) is 0. The minimum absolute atomic E-state index is 0.0221. The molecule has 4 nitrogen and oxygen atoms in total. The number of hydrogen-bond donors (Lipinski definition) is 0.